The maximum absolute atomic E-state index is 13.4. The van der Waals surface area contributed by atoms with Crippen LogP contribution in [0.4, 0.5) is 0 Å². The Morgan fingerprint density at radius 3 is 2.53 bits per heavy atom. The molecule has 190 valence electrons. The predicted octanol–water partition coefficient (Wildman–Crippen LogP) is 4.76. The molecule has 0 fully saturated rings. The Hall–Kier alpha value is -3.61. The van der Waals surface area contributed by atoms with Gasteiger partial charge in [0.15, 0.2) is 17.3 Å². The van der Waals surface area contributed by atoms with Crippen molar-refractivity contribution < 1.29 is 29.6 Å². The van der Waals surface area contributed by atoms with E-state index in [0.29, 0.717) is 29.9 Å². The van der Waals surface area contributed by atoms with Crippen molar-refractivity contribution in [2.75, 3.05) is 14.2 Å². The maximum Gasteiger partial charge on any atom is 0.162 e. The summed E-state index contributed by atoms with van der Waals surface area (Å²) in [6, 6.07) is 14.4. The van der Waals surface area contributed by atoms with Crippen molar-refractivity contribution in [3.8, 4) is 11.5 Å². The van der Waals surface area contributed by atoms with Gasteiger partial charge in [0.05, 0.1) is 25.7 Å². The quantitative estimate of drug-likeness (QED) is 0.416. The third kappa shape index (κ3) is 6.74. The van der Waals surface area contributed by atoms with Crippen LogP contribution >= 0.6 is 0 Å². The summed E-state index contributed by atoms with van der Waals surface area (Å²) >= 11 is 0. The minimum atomic E-state index is -1.47. The molecule has 6 nitrogen and oxygen atoms in total. The summed E-state index contributed by atoms with van der Waals surface area (Å²) in [6.07, 6.45) is 10.7. The highest BCUT2D eigenvalue weighted by molar-refractivity contribution is 5.96. The predicted molar refractivity (Wildman–Crippen MR) is 141 cm³/mol. The molecule has 1 aliphatic carbocycles. The first-order chi connectivity index (χ1) is 17.1. The zero-order valence-corrected chi connectivity index (χ0v) is 21.1. The molecule has 0 radical (unpaired) electrons. The monoisotopic (exact) mass is 490 g/mol. The van der Waals surface area contributed by atoms with Crippen molar-refractivity contribution in [3.63, 3.8) is 0 Å². The topological polar surface area (TPSA) is 96.2 Å². The largest absolute Gasteiger partial charge is 0.504 e. The van der Waals surface area contributed by atoms with E-state index in [4.69, 9.17) is 9.47 Å². The number of aliphatic hydroxyl groups is 2. The lowest BCUT2D eigenvalue weighted by atomic mass is 9.80. The summed E-state index contributed by atoms with van der Waals surface area (Å²) in [5.74, 6) is -0.240. The van der Waals surface area contributed by atoms with E-state index < -0.39 is 17.1 Å². The molecule has 36 heavy (non-hydrogen) atoms. The second kappa shape index (κ2) is 11.4. The van der Waals surface area contributed by atoms with Crippen molar-refractivity contribution >= 4 is 11.9 Å². The van der Waals surface area contributed by atoms with E-state index in [-0.39, 0.29) is 11.5 Å². The minimum Gasteiger partial charge on any atom is -0.504 e. The van der Waals surface area contributed by atoms with E-state index in [0.717, 1.165) is 11.1 Å². The number of phenols is 1. The van der Waals surface area contributed by atoms with Gasteiger partial charge in [-0.25, -0.2) is 0 Å². The molecule has 0 saturated heterocycles. The number of hydrogen-bond acceptors (Lipinski definition) is 6. The van der Waals surface area contributed by atoms with E-state index in [1.165, 1.54) is 26.4 Å². The van der Waals surface area contributed by atoms with Crippen molar-refractivity contribution in [1.82, 2.24) is 0 Å². The number of ketones is 1. The third-order valence-corrected chi connectivity index (χ3v) is 6.37. The van der Waals surface area contributed by atoms with Gasteiger partial charge < -0.3 is 24.8 Å². The smallest absolute Gasteiger partial charge is 0.162 e. The molecule has 0 amide bonds. The minimum absolute atomic E-state index is 0.0141. The summed E-state index contributed by atoms with van der Waals surface area (Å²) in [6.45, 7) is 3.30. The summed E-state index contributed by atoms with van der Waals surface area (Å²) in [4.78, 5) is 13.4. The van der Waals surface area contributed by atoms with Gasteiger partial charge in [-0.1, -0.05) is 60.7 Å². The van der Waals surface area contributed by atoms with Crippen LogP contribution in [0.5, 0.6) is 11.5 Å². The third-order valence-electron chi connectivity index (χ3n) is 6.37. The molecule has 0 aliphatic heterocycles. The molecule has 0 spiro atoms. The van der Waals surface area contributed by atoms with Crippen molar-refractivity contribution in [3.05, 3.63) is 101 Å². The second-order valence-electron chi connectivity index (χ2n) is 9.36. The molecular weight excluding hydrogens is 456 g/mol. The Balaban J connectivity index is 1.88. The highest BCUT2D eigenvalue weighted by Gasteiger charge is 2.34. The van der Waals surface area contributed by atoms with Gasteiger partial charge in [0, 0.05) is 6.42 Å². The molecule has 0 bridgehead atoms. The number of rotatable bonds is 10. The van der Waals surface area contributed by atoms with Crippen LogP contribution < -0.4 is 4.74 Å². The molecule has 3 unspecified atom stereocenters. The number of allylic oxidation sites excluding steroid dienone is 4. The fraction of sp³-hybridized carbons (Fsp3) is 0.300. The van der Waals surface area contributed by atoms with Crippen LogP contribution in [0.25, 0.3) is 6.08 Å². The fourth-order valence-electron chi connectivity index (χ4n) is 4.10. The Morgan fingerprint density at radius 2 is 1.86 bits per heavy atom. The molecule has 0 heterocycles. The first-order valence-corrected chi connectivity index (χ1v) is 11.8. The van der Waals surface area contributed by atoms with Crippen LogP contribution in [0.3, 0.4) is 0 Å². The highest BCUT2D eigenvalue weighted by Crippen LogP contribution is 2.31. The zero-order chi connectivity index (χ0) is 26.3. The molecular formula is C30H34O6. The molecule has 3 rings (SSSR count). The summed E-state index contributed by atoms with van der Waals surface area (Å²) < 4.78 is 10.5. The van der Waals surface area contributed by atoms with Crippen molar-refractivity contribution in [2.24, 2.45) is 5.92 Å². The SMILES string of the molecule is COC1=CC(/C=C/C(C)(O)C(Cc2ccccc2)C(=O)/C=C/c2ccc(O)c(OC)c2)=CCC1(C)O. The standard InChI is InChI=1S/C30H34O6/c1-29(33,16-14-23-15-17-30(2,34)28(20-23)36-4)24(18-21-8-6-5-7-9-21)25(31)12-10-22-11-13-26(32)27(19-22)35-3/h5-16,19-20,24,32-34H,17-18H2,1-4H3/b12-10+,16-14+. The number of hydrogen-bond donors (Lipinski definition) is 3. The van der Waals surface area contributed by atoms with Gasteiger partial charge in [-0.2, -0.15) is 0 Å². The van der Waals surface area contributed by atoms with Gasteiger partial charge >= 0.3 is 0 Å². The average molecular weight is 491 g/mol. The van der Waals surface area contributed by atoms with Gasteiger partial charge in [0.1, 0.15) is 11.4 Å². The Morgan fingerprint density at radius 1 is 1.14 bits per heavy atom. The maximum atomic E-state index is 13.4. The van der Waals surface area contributed by atoms with Crippen LogP contribution in [0.1, 0.15) is 31.4 Å². The van der Waals surface area contributed by atoms with Crippen molar-refractivity contribution in [2.45, 2.75) is 37.9 Å². The van der Waals surface area contributed by atoms with Crippen LogP contribution in [0.15, 0.2) is 90.2 Å². The lowest BCUT2D eigenvalue weighted by molar-refractivity contribution is -0.123. The van der Waals surface area contributed by atoms with E-state index in [1.807, 2.05) is 36.4 Å². The number of carbonyl (C=O) groups is 1. The Bertz CT molecular complexity index is 1190. The molecule has 3 N–H and O–H groups in total. The molecule has 0 aromatic heterocycles. The van der Waals surface area contributed by atoms with Gasteiger partial charge in [-0.3, -0.25) is 4.79 Å². The molecule has 0 saturated carbocycles. The van der Waals surface area contributed by atoms with Gasteiger partial charge in [-0.15, -0.1) is 0 Å². The zero-order valence-electron chi connectivity index (χ0n) is 21.1. The number of benzene rings is 2. The first-order valence-electron chi connectivity index (χ1n) is 11.8. The first kappa shape index (κ1) is 27.0. The number of phenolic OH excluding ortho intramolecular Hbond substituents is 1. The summed E-state index contributed by atoms with van der Waals surface area (Å²) in [5, 5.41) is 31.7. The van der Waals surface area contributed by atoms with Gasteiger partial charge in [0.2, 0.25) is 0 Å². The van der Waals surface area contributed by atoms with Gasteiger partial charge in [-0.05, 0) is 61.3 Å². The normalized spacial score (nSPS) is 20.5. The van der Waals surface area contributed by atoms with Crippen LogP contribution in [-0.4, -0.2) is 46.5 Å². The number of carbonyl (C=O) groups excluding carboxylic acids is 1. The Kier molecular flexibility index (Phi) is 8.56. The van der Waals surface area contributed by atoms with E-state index in [1.54, 1.807) is 50.3 Å². The van der Waals surface area contributed by atoms with E-state index in [2.05, 4.69) is 0 Å². The summed E-state index contributed by atoms with van der Waals surface area (Å²) in [5.41, 5.74) is -0.160. The molecule has 3 atom stereocenters. The molecule has 6 heteroatoms. The lowest BCUT2D eigenvalue weighted by Gasteiger charge is -2.30. The van der Waals surface area contributed by atoms with Crippen LogP contribution in [-0.2, 0) is 16.0 Å². The van der Waals surface area contributed by atoms with Crippen molar-refractivity contribution in [1.29, 1.82) is 0 Å². The fourth-order valence-corrected chi connectivity index (χ4v) is 4.10. The summed E-state index contributed by atoms with van der Waals surface area (Å²) in [7, 11) is 2.97. The van der Waals surface area contributed by atoms with E-state index >= 15 is 0 Å². The molecule has 2 aromatic rings. The number of aromatic hydroxyl groups is 1. The number of ether oxygens (including phenoxy) is 2. The number of methoxy groups -OCH3 is 2. The van der Waals surface area contributed by atoms with Crippen LogP contribution in [0.2, 0.25) is 0 Å². The lowest BCUT2D eigenvalue weighted by Crippen LogP contribution is -2.39. The molecule has 2 aromatic carbocycles. The Labute approximate surface area is 212 Å². The second-order valence-corrected chi connectivity index (χ2v) is 9.36. The van der Waals surface area contributed by atoms with E-state index in [9.17, 15) is 20.1 Å². The highest BCUT2D eigenvalue weighted by atomic mass is 16.5. The van der Waals surface area contributed by atoms with Gasteiger partial charge in [0.25, 0.3) is 0 Å². The van der Waals surface area contributed by atoms with Crippen LogP contribution in [0, 0.1) is 5.92 Å². The average Bonchev–Trinajstić information content (AvgIpc) is 2.86. The molecule has 1 aliphatic rings.